The maximum absolute atomic E-state index is 12.0. The third-order valence-electron chi connectivity index (χ3n) is 4.44. The molecule has 2 unspecified atom stereocenters. The van der Waals surface area contributed by atoms with E-state index in [4.69, 9.17) is 5.73 Å². The topological polar surface area (TPSA) is 168 Å². The third-order valence-corrected chi connectivity index (χ3v) is 4.64. The van der Waals surface area contributed by atoms with Crippen molar-refractivity contribution in [3.8, 4) is 0 Å². The lowest BCUT2D eigenvalue weighted by atomic mass is 10.0. The Labute approximate surface area is 196 Å². The predicted molar refractivity (Wildman–Crippen MR) is 127 cm³/mol. The molecule has 0 radical (unpaired) electrons. The van der Waals surface area contributed by atoms with Gasteiger partial charge in [-0.25, -0.2) is 4.79 Å². The van der Waals surface area contributed by atoms with Crippen molar-refractivity contribution < 1.29 is 28.8 Å². The summed E-state index contributed by atoms with van der Waals surface area (Å²) in [6.45, 7) is 6.51. The summed E-state index contributed by atoms with van der Waals surface area (Å²) in [5, 5.41) is 7.61. The number of urea groups is 1. The second-order valence-corrected chi connectivity index (χ2v) is 8.38. The molecule has 0 saturated heterocycles. The van der Waals surface area contributed by atoms with Crippen molar-refractivity contribution in [2.45, 2.75) is 58.9 Å². The lowest BCUT2D eigenvalue weighted by molar-refractivity contribution is -0.137. The molecule has 2 atom stereocenters. The number of nitrogens with zero attached hydrogens (tertiary/aromatic N) is 1. The minimum Gasteiger partial charge on any atom is -0.352 e. The summed E-state index contributed by atoms with van der Waals surface area (Å²) in [6, 6.07) is -1.14. The molecule has 0 spiro atoms. The minimum absolute atomic E-state index is 0.0919. The van der Waals surface area contributed by atoms with Crippen molar-refractivity contribution in [1.82, 2.24) is 20.9 Å². The Balaban J connectivity index is 0.00000126. The van der Waals surface area contributed by atoms with Crippen molar-refractivity contribution in [3.05, 3.63) is 12.2 Å². The van der Waals surface area contributed by atoms with Crippen LogP contribution in [0.4, 0.5) is 4.79 Å². The van der Waals surface area contributed by atoms with Gasteiger partial charge in [0.25, 0.3) is 11.8 Å². The van der Waals surface area contributed by atoms with Crippen LogP contribution < -0.4 is 21.7 Å². The fourth-order valence-electron chi connectivity index (χ4n) is 2.70. The highest BCUT2D eigenvalue weighted by molar-refractivity contribution is 7.40. The number of hydrogen-bond acceptors (Lipinski definition) is 6. The monoisotopic (exact) mass is 485 g/mol. The number of unbranched alkanes of at least 4 members (excludes halogenated alkanes) is 2. The first-order valence-electron chi connectivity index (χ1n) is 10.9. The average Bonchev–Trinajstić information content (AvgIpc) is 3.06. The number of nitrogens with one attached hydrogen (secondary N) is 3. The number of rotatable bonds is 13. The Morgan fingerprint density at radius 2 is 1.64 bits per heavy atom. The lowest BCUT2D eigenvalue weighted by Crippen LogP contribution is -2.50. The van der Waals surface area contributed by atoms with E-state index in [1.165, 1.54) is 17.1 Å². The summed E-state index contributed by atoms with van der Waals surface area (Å²) in [6.07, 6.45) is 5.57. The molecule has 0 saturated carbocycles. The van der Waals surface area contributed by atoms with E-state index in [0.29, 0.717) is 32.4 Å². The Morgan fingerprint density at radius 1 is 1.03 bits per heavy atom. The number of imide groups is 1. The van der Waals surface area contributed by atoms with Gasteiger partial charge in [-0.05, 0) is 25.2 Å². The number of hydrogen-bond donors (Lipinski definition) is 4. The summed E-state index contributed by atoms with van der Waals surface area (Å²) in [5.41, 5.74) is 4.49. The maximum atomic E-state index is 12.0. The second-order valence-electron chi connectivity index (χ2n) is 7.74. The molecular formula is C21H36N5O6P. The van der Waals surface area contributed by atoms with E-state index in [2.05, 4.69) is 16.0 Å². The van der Waals surface area contributed by atoms with E-state index in [9.17, 15) is 28.8 Å². The highest BCUT2D eigenvalue weighted by Crippen LogP contribution is 2.08. The van der Waals surface area contributed by atoms with E-state index in [1.54, 1.807) is 0 Å². The second kappa shape index (κ2) is 16.8. The smallest absolute Gasteiger partial charge is 0.312 e. The largest absolute Gasteiger partial charge is 0.352 e. The molecule has 0 aromatic carbocycles. The number of primary amides is 1. The Morgan fingerprint density at radius 3 is 2.09 bits per heavy atom. The summed E-state index contributed by atoms with van der Waals surface area (Å²) < 4.78 is 0. The molecule has 1 rings (SSSR count). The number of amides is 6. The summed E-state index contributed by atoms with van der Waals surface area (Å²) in [4.78, 5) is 68.8. The van der Waals surface area contributed by atoms with Crippen LogP contribution in [-0.4, -0.2) is 65.8 Å². The number of nitrogens with two attached hydrogens (primary N) is 1. The molecule has 0 aromatic rings. The van der Waals surface area contributed by atoms with E-state index in [1.807, 2.05) is 30.0 Å². The van der Waals surface area contributed by atoms with Gasteiger partial charge in [0.15, 0.2) is 5.52 Å². The molecule has 11 nitrogen and oxygen atoms in total. The quantitative estimate of drug-likeness (QED) is 0.165. The zero-order valence-corrected chi connectivity index (χ0v) is 20.7. The molecule has 1 aliphatic rings. The van der Waals surface area contributed by atoms with Gasteiger partial charge < -0.3 is 21.7 Å². The molecule has 0 bridgehead atoms. The first-order chi connectivity index (χ1) is 15.5. The third kappa shape index (κ3) is 14.1. The summed E-state index contributed by atoms with van der Waals surface area (Å²) in [7, 11) is 1.98. The number of carbonyl (C=O) groups is 6. The Bertz CT molecular complexity index is 723. The first kappa shape index (κ1) is 30.2. The summed E-state index contributed by atoms with van der Waals surface area (Å²) >= 11 is 0. The molecule has 33 heavy (non-hydrogen) atoms. The van der Waals surface area contributed by atoms with Crippen LogP contribution in [0, 0.1) is 5.92 Å². The van der Waals surface area contributed by atoms with Gasteiger partial charge >= 0.3 is 6.03 Å². The maximum Gasteiger partial charge on any atom is 0.312 e. The van der Waals surface area contributed by atoms with Gasteiger partial charge in [-0.1, -0.05) is 36.4 Å². The van der Waals surface area contributed by atoms with Gasteiger partial charge in [0.05, 0.1) is 6.54 Å². The van der Waals surface area contributed by atoms with Gasteiger partial charge in [0, 0.05) is 31.7 Å². The average molecular weight is 486 g/mol. The van der Waals surface area contributed by atoms with Crippen molar-refractivity contribution in [3.63, 3.8) is 0 Å². The molecular weight excluding hydrogens is 449 g/mol. The van der Waals surface area contributed by atoms with Crippen LogP contribution in [0.5, 0.6) is 0 Å². The molecule has 186 valence electrons. The van der Waals surface area contributed by atoms with E-state index < -0.39 is 12.1 Å². The van der Waals surface area contributed by atoms with E-state index >= 15 is 0 Å². The van der Waals surface area contributed by atoms with Crippen LogP contribution in [-0.2, 0) is 24.0 Å². The highest BCUT2D eigenvalue weighted by Gasteiger charge is 2.24. The Hall–Kier alpha value is -2.81. The Kier molecular flexibility index (Phi) is 15.3. The molecule has 0 aromatic heterocycles. The standard InChI is InChI=1S/C17H26N3O5P.C4H10N2O/c1-11(2)16(17(25)18-10-15(24)26)19-12(21)6-4-3-5-9-20-13(22)7-8-14(20)23;1-2-3-6-4(5)7/h7-8,11,16H,3-6,9-10,26H2,1-2H3,(H,18,25)(H,19,21);2-3H2,1H3,(H3,5,6,7). The van der Waals surface area contributed by atoms with Crippen LogP contribution in [0.25, 0.3) is 0 Å². The molecule has 12 heteroatoms. The van der Waals surface area contributed by atoms with E-state index in [-0.39, 0.29) is 48.0 Å². The summed E-state index contributed by atoms with van der Waals surface area (Å²) in [5.74, 6) is -1.35. The van der Waals surface area contributed by atoms with Gasteiger partial charge in [0.2, 0.25) is 11.8 Å². The van der Waals surface area contributed by atoms with Crippen molar-refractivity contribution in [1.29, 1.82) is 0 Å². The van der Waals surface area contributed by atoms with Crippen LogP contribution in [0.2, 0.25) is 0 Å². The SMILES string of the molecule is CC(C)C(NC(=O)CCCCCN1C(=O)C=CC1=O)C(=O)NCC(=O)P.CCCNC(N)=O. The van der Waals surface area contributed by atoms with Crippen LogP contribution in [0.3, 0.4) is 0 Å². The molecule has 5 N–H and O–H groups in total. The predicted octanol–water partition coefficient (Wildman–Crippen LogP) is 0.195. The molecule has 1 heterocycles. The van der Waals surface area contributed by atoms with Crippen molar-refractivity contribution in [2.24, 2.45) is 11.7 Å². The fraction of sp³-hybridized carbons (Fsp3) is 0.619. The number of carbonyl (C=O) groups excluding carboxylic acids is 6. The normalized spacial score (nSPS) is 13.3. The van der Waals surface area contributed by atoms with Gasteiger partial charge in [-0.3, -0.25) is 28.9 Å². The minimum atomic E-state index is -0.697. The van der Waals surface area contributed by atoms with Gasteiger partial charge in [-0.15, -0.1) is 0 Å². The molecule has 0 aliphatic carbocycles. The van der Waals surface area contributed by atoms with Gasteiger partial charge in [-0.2, -0.15) is 0 Å². The van der Waals surface area contributed by atoms with Crippen molar-refractivity contribution >= 4 is 44.4 Å². The first-order valence-corrected chi connectivity index (χ1v) is 11.5. The van der Waals surface area contributed by atoms with Crippen LogP contribution >= 0.6 is 9.24 Å². The molecule has 1 aliphatic heterocycles. The zero-order valence-electron chi connectivity index (χ0n) is 19.5. The molecule has 0 fully saturated rings. The van der Waals surface area contributed by atoms with Crippen LogP contribution in [0.1, 0.15) is 52.9 Å². The van der Waals surface area contributed by atoms with E-state index in [0.717, 1.165) is 6.42 Å². The van der Waals surface area contributed by atoms with Gasteiger partial charge in [0.1, 0.15) is 6.04 Å². The zero-order chi connectivity index (χ0) is 25.4. The fourth-order valence-corrected chi connectivity index (χ4v) is 2.80. The molecule has 6 amide bonds. The highest BCUT2D eigenvalue weighted by atomic mass is 31.0. The van der Waals surface area contributed by atoms with Crippen LogP contribution in [0.15, 0.2) is 12.2 Å². The van der Waals surface area contributed by atoms with Crippen molar-refractivity contribution in [2.75, 3.05) is 19.6 Å². The lowest BCUT2D eigenvalue weighted by Gasteiger charge is -2.21.